The van der Waals surface area contributed by atoms with E-state index in [2.05, 4.69) is 40.4 Å². The van der Waals surface area contributed by atoms with Crippen LogP contribution < -0.4 is 0 Å². The van der Waals surface area contributed by atoms with Crippen molar-refractivity contribution in [1.29, 1.82) is 0 Å². The highest BCUT2D eigenvalue weighted by atomic mass is 28.4. The van der Waals surface area contributed by atoms with Gasteiger partial charge in [-0.3, -0.25) is 4.90 Å². The molecule has 5 nitrogen and oxygen atoms in total. The highest BCUT2D eigenvalue weighted by Crippen LogP contribution is 2.38. The minimum Gasteiger partial charge on any atom is -0.445 e. The molecule has 6 heteroatoms. The summed E-state index contributed by atoms with van der Waals surface area (Å²) in [5.41, 5.74) is -0.206. The van der Waals surface area contributed by atoms with Crippen molar-refractivity contribution in [2.24, 2.45) is 0 Å². The monoisotopic (exact) mass is 429 g/mol. The van der Waals surface area contributed by atoms with Gasteiger partial charge in [0.1, 0.15) is 18.4 Å². The smallest absolute Gasteiger partial charge is 0.411 e. The Balaban J connectivity index is 2.25. The van der Waals surface area contributed by atoms with Crippen molar-refractivity contribution in [2.75, 3.05) is 6.61 Å². The fourth-order valence-electron chi connectivity index (χ4n) is 3.27. The fourth-order valence-corrected chi connectivity index (χ4v) is 4.31. The van der Waals surface area contributed by atoms with E-state index >= 15 is 0 Å². The Labute approximate surface area is 181 Å². The molecule has 164 valence electrons. The first-order valence-corrected chi connectivity index (χ1v) is 13.4. The Hall–Kier alpha value is -2.18. The van der Waals surface area contributed by atoms with Crippen LogP contribution in [0.25, 0.3) is 0 Å². The number of ether oxygens (including phenoxy) is 1. The van der Waals surface area contributed by atoms with Gasteiger partial charge in [0, 0.05) is 0 Å². The second kappa shape index (κ2) is 9.75. The van der Waals surface area contributed by atoms with Gasteiger partial charge in [-0.2, -0.15) is 0 Å². The molecule has 0 N–H and O–H groups in total. The summed E-state index contributed by atoms with van der Waals surface area (Å²) in [6, 6.07) is 9.23. The third-order valence-corrected chi connectivity index (χ3v) is 10.6. The maximum atomic E-state index is 13.2. The lowest BCUT2D eigenvalue weighted by Crippen LogP contribution is -2.60. The standard InChI is InChI=1S/C24H35NO4Si/c1-7-15-24(19-26)16-11-14-21(18-29-30(5,6)23(2,3)4)25(24)22(27)28-17-20-12-9-8-10-13-20/h7-13,16,19,21H,1,14-15,17-18H2,2-6H3/t21-,24+/m1/s1. The maximum absolute atomic E-state index is 13.2. The molecule has 0 radical (unpaired) electrons. The van der Waals surface area contributed by atoms with Crippen molar-refractivity contribution in [3.8, 4) is 0 Å². The number of carbonyl (C=O) groups excluding carboxylic acids is 2. The van der Waals surface area contributed by atoms with Gasteiger partial charge in [-0.25, -0.2) is 4.79 Å². The predicted molar refractivity (Wildman–Crippen MR) is 123 cm³/mol. The normalized spacial score (nSPS) is 21.9. The lowest BCUT2D eigenvalue weighted by molar-refractivity contribution is -0.117. The molecule has 0 aromatic heterocycles. The average Bonchev–Trinajstić information content (AvgIpc) is 2.70. The van der Waals surface area contributed by atoms with Gasteiger partial charge in [0.05, 0.1) is 12.6 Å². The first-order valence-electron chi connectivity index (χ1n) is 10.5. The maximum Gasteiger partial charge on any atom is 0.411 e. The molecule has 1 aliphatic heterocycles. The zero-order valence-electron chi connectivity index (χ0n) is 18.9. The van der Waals surface area contributed by atoms with Gasteiger partial charge in [0.2, 0.25) is 0 Å². The van der Waals surface area contributed by atoms with Gasteiger partial charge >= 0.3 is 6.09 Å². The van der Waals surface area contributed by atoms with E-state index in [0.29, 0.717) is 19.4 Å². The van der Waals surface area contributed by atoms with Gasteiger partial charge in [0.15, 0.2) is 8.32 Å². The largest absolute Gasteiger partial charge is 0.445 e. The SMILES string of the molecule is C=CC[C@@]1(C=O)C=CC[C@H](CO[Si](C)(C)C(C)(C)C)N1C(=O)OCc1ccccc1. The molecular weight excluding hydrogens is 394 g/mol. The molecule has 0 unspecified atom stereocenters. The van der Waals surface area contributed by atoms with Crippen molar-refractivity contribution >= 4 is 20.7 Å². The van der Waals surface area contributed by atoms with Crippen LogP contribution in [0, 0.1) is 0 Å². The lowest BCUT2D eigenvalue weighted by atomic mass is 9.88. The third kappa shape index (κ3) is 5.49. The van der Waals surface area contributed by atoms with Crippen molar-refractivity contribution in [3.05, 3.63) is 60.7 Å². The Morgan fingerprint density at radius 3 is 2.53 bits per heavy atom. The topological polar surface area (TPSA) is 55.8 Å². The van der Waals surface area contributed by atoms with E-state index in [9.17, 15) is 9.59 Å². The minimum absolute atomic E-state index is 0.0546. The Bertz CT molecular complexity index is 769. The van der Waals surface area contributed by atoms with Crippen LogP contribution in [0.5, 0.6) is 0 Å². The van der Waals surface area contributed by atoms with E-state index in [1.54, 1.807) is 17.1 Å². The second-order valence-electron chi connectivity index (χ2n) is 9.38. The minimum atomic E-state index is -2.01. The van der Waals surface area contributed by atoms with E-state index in [-0.39, 0.29) is 17.7 Å². The summed E-state index contributed by atoms with van der Waals surface area (Å²) >= 11 is 0. The number of nitrogens with zero attached hydrogens (tertiary/aromatic N) is 1. The van der Waals surface area contributed by atoms with Crippen molar-refractivity contribution in [1.82, 2.24) is 4.90 Å². The predicted octanol–water partition coefficient (Wildman–Crippen LogP) is 5.49. The first-order chi connectivity index (χ1) is 14.1. The second-order valence-corrected chi connectivity index (χ2v) is 14.2. The lowest BCUT2D eigenvalue weighted by Gasteiger charge is -2.45. The van der Waals surface area contributed by atoms with Gasteiger partial charge < -0.3 is 14.0 Å². The molecule has 0 bridgehead atoms. The molecule has 1 amide bonds. The molecule has 0 aliphatic carbocycles. The Morgan fingerprint density at radius 2 is 1.97 bits per heavy atom. The summed E-state index contributed by atoms with van der Waals surface area (Å²) in [5.74, 6) is 0. The number of hydrogen-bond acceptors (Lipinski definition) is 4. The van der Waals surface area contributed by atoms with Crippen LogP contribution >= 0.6 is 0 Å². The van der Waals surface area contributed by atoms with Crippen LogP contribution in [-0.4, -0.2) is 43.8 Å². The van der Waals surface area contributed by atoms with E-state index in [1.165, 1.54) is 0 Å². The number of aldehydes is 1. The molecule has 2 rings (SSSR count). The number of hydrogen-bond donors (Lipinski definition) is 0. The van der Waals surface area contributed by atoms with E-state index in [1.807, 2.05) is 36.4 Å². The van der Waals surface area contributed by atoms with Gasteiger partial charge in [-0.05, 0) is 36.5 Å². The van der Waals surface area contributed by atoms with Crippen LogP contribution in [0.4, 0.5) is 4.79 Å². The van der Waals surface area contributed by atoms with Gasteiger partial charge in [0.25, 0.3) is 0 Å². The fraction of sp³-hybridized carbons (Fsp3) is 0.500. The molecular formula is C24H35NO4Si. The molecule has 1 heterocycles. The van der Waals surface area contributed by atoms with Gasteiger partial charge in [-0.1, -0.05) is 69.3 Å². The number of carbonyl (C=O) groups is 2. The highest BCUT2D eigenvalue weighted by Gasteiger charge is 2.45. The van der Waals surface area contributed by atoms with Crippen LogP contribution in [-0.2, 0) is 20.6 Å². The summed E-state index contributed by atoms with van der Waals surface area (Å²) in [4.78, 5) is 26.9. The summed E-state index contributed by atoms with van der Waals surface area (Å²) < 4.78 is 12.0. The third-order valence-electron chi connectivity index (χ3n) is 6.15. The summed E-state index contributed by atoms with van der Waals surface area (Å²) in [6.07, 6.45) is 6.64. The number of amides is 1. The number of rotatable bonds is 8. The van der Waals surface area contributed by atoms with Crippen molar-refractivity contribution in [3.63, 3.8) is 0 Å². The quantitative estimate of drug-likeness (QED) is 0.311. The molecule has 0 saturated heterocycles. The number of benzene rings is 1. The molecule has 0 saturated carbocycles. The van der Waals surface area contributed by atoms with Gasteiger partial charge in [-0.15, -0.1) is 6.58 Å². The molecule has 0 spiro atoms. The molecule has 30 heavy (non-hydrogen) atoms. The average molecular weight is 430 g/mol. The first kappa shape index (κ1) is 24.1. The van der Waals surface area contributed by atoms with Crippen LogP contribution in [0.2, 0.25) is 18.1 Å². The summed E-state index contributed by atoms with van der Waals surface area (Å²) in [5, 5.41) is 0.0546. The van der Waals surface area contributed by atoms with Crippen LogP contribution in [0.15, 0.2) is 55.1 Å². The van der Waals surface area contributed by atoms with Crippen molar-refractivity contribution < 1.29 is 18.8 Å². The van der Waals surface area contributed by atoms with E-state index in [0.717, 1.165) is 11.8 Å². The zero-order chi connectivity index (χ0) is 22.4. The van der Waals surface area contributed by atoms with E-state index in [4.69, 9.17) is 9.16 Å². The molecule has 1 aromatic carbocycles. The Morgan fingerprint density at radius 1 is 1.30 bits per heavy atom. The molecule has 0 fully saturated rings. The zero-order valence-corrected chi connectivity index (χ0v) is 19.9. The van der Waals surface area contributed by atoms with E-state index < -0.39 is 19.9 Å². The van der Waals surface area contributed by atoms with Crippen LogP contribution in [0.1, 0.15) is 39.2 Å². The molecule has 2 atom stereocenters. The summed E-state index contributed by atoms with van der Waals surface area (Å²) in [6.45, 7) is 15.2. The Kier molecular flexibility index (Phi) is 7.83. The van der Waals surface area contributed by atoms with Crippen LogP contribution in [0.3, 0.4) is 0 Å². The molecule has 1 aromatic rings. The van der Waals surface area contributed by atoms with Crippen molar-refractivity contribution in [2.45, 2.75) is 69.9 Å². The molecule has 1 aliphatic rings. The summed E-state index contributed by atoms with van der Waals surface area (Å²) in [7, 11) is -2.01. The highest BCUT2D eigenvalue weighted by molar-refractivity contribution is 6.74.